The van der Waals surface area contributed by atoms with E-state index in [2.05, 4.69) is 105 Å². The zero-order valence-electron chi connectivity index (χ0n) is 15.9. The van der Waals surface area contributed by atoms with Crippen molar-refractivity contribution in [3.05, 3.63) is 119 Å². The van der Waals surface area contributed by atoms with Crippen LogP contribution in [0.1, 0.15) is 35.6 Å². The summed E-state index contributed by atoms with van der Waals surface area (Å²) in [5.74, 6) is 0.411. The van der Waals surface area contributed by atoms with Crippen molar-refractivity contribution < 1.29 is 0 Å². The van der Waals surface area contributed by atoms with Crippen LogP contribution in [0.3, 0.4) is 0 Å². The molecule has 27 heavy (non-hydrogen) atoms. The number of fused-ring (bicyclic) bond motifs is 3. The van der Waals surface area contributed by atoms with E-state index in [9.17, 15) is 0 Å². The summed E-state index contributed by atoms with van der Waals surface area (Å²) >= 11 is 0. The van der Waals surface area contributed by atoms with Crippen molar-refractivity contribution in [1.82, 2.24) is 0 Å². The maximum atomic E-state index is 2.44. The molecule has 1 unspecified atom stereocenters. The maximum Gasteiger partial charge on any atom is 0.0529 e. The van der Waals surface area contributed by atoms with Gasteiger partial charge in [-0.15, -0.1) is 0 Å². The van der Waals surface area contributed by atoms with Crippen LogP contribution in [0.2, 0.25) is 0 Å². The maximum absolute atomic E-state index is 2.44. The van der Waals surface area contributed by atoms with Gasteiger partial charge in [0, 0.05) is 0 Å². The van der Waals surface area contributed by atoms with Gasteiger partial charge in [-0.3, -0.25) is 0 Å². The molecule has 0 N–H and O–H groups in total. The molecule has 0 heterocycles. The van der Waals surface area contributed by atoms with Crippen LogP contribution in [0.15, 0.2) is 96.6 Å². The number of rotatable bonds is 2. The molecule has 0 aliphatic heterocycles. The number of benzene rings is 3. The Bertz CT molecular complexity index is 1020. The van der Waals surface area contributed by atoms with Crippen molar-refractivity contribution in [3.63, 3.8) is 0 Å². The molecule has 0 aromatic heterocycles. The second-order valence-corrected chi connectivity index (χ2v) is 7.91. The lowest BCUT2D eigenvalue weighted by molar-refractivity contribution is 0.456. The highest BCUT2D eigenvalue weighted by Crippen LogP contribution is 2.57. The largest absolute Gasteiger partial charge is 0.0810 e. The summed E-state index contributed by atoms with van der Waals surface area (Å²) < 4.78 is 0. The van der Waals surface area contributed by atoms with Crippen molar-refractivity contribution in [1.29, 1.82) is 0 Å². The summed E-state index contributed by atoms with van der Waals surface area (Å²) in [7, 11) is 0. The van der Waals surface area contributed by atoms with E-state index in [1.807, 2.05) is 0 Å². The van der Waals surface area contributed by atoms with Crippen LogP contribution in [0.4, 0.5) is 0 Å². The Morgan fingerprint density at radius 1 is 0.741 bits per heavy atom. The van der Waals surface area contributed by atoms with E-state index in [-0.39, 0.29) is 5.41 Å². The summed E-state index contributed by atoms with van der Waals surface area (Å²) in [6.45, 7) is 4.36. The van der Waals surface area contributed by atoms with Crippen molar-refractivity contribution in [2.75, 3.05) is 0 Å². The Morgan fingerprint density at radius 3 is 1.89 bits per heavy atom. The minimum Gasteiger partial charge on any atom is -0.0810 e. The molecule has 0 bridgehead atoms. The Kier molecular flexibility index (Phi) is 3.68. The monoisotopic (exact) mass is 348 g/mol. The van der Waals surface area contributed by atoms with Gasteiger partial charge in [-0.05, 0) is 54.0 Å². The Morgan fingerprint density at radius 2 is 1.33 bits per heavy atom. The first-order valence-electron chi connectivity index (χ1n) is 9.83. The summed E-state index contributed by atoms with van der Waals surface area (Å²) in [5, 5.41) is 0. The minimum atomic E-state index is -0.130. The van der Waals surface area contributed by atoms with E-state index >= 15 is 0 Å². The highest BCUT2D eigenvalue weighted by molar-refractivity contribution is 5.84. The normalized spacial score (nSPS) is 19.3. The van der Waals surface area contributed by atoms with E-state index < -0.39 is 0 Å². The topological polar surface area (TPSA) is 0 Å². The molecule has 0 heteroatoms. The molecule has 2 aliphatic rings. The first kappa shape index (κ1) is 16.3. The lowest BCUT2D eigenvalue weighted by atomic mass is 9.62. The van der Waals surface area contributed by atoms with Crippen molar-refractivity contribution in [2.24, 2.45) is 5.92 Å². The van der Waals surface area contributed by atoms with Crippen molar-refractivity contribution in [3.8, 4) is 11.1 Å². The standard InChI is InChI=1S/C27H24/c1-19-11-15-21(16-12-19)27(22-17-13-20(2)14-18-22)25-9-5-3-7-23(25)24-8-4-6-10-26(24)27/h3-17,22H,18H2,1-2H3. The first-order chi connectivity index (χ1) is 13.2. The zero-order valence-corrected chi connectivity index (χ0v) is 15.9. The van der Waals surface area contributed by atoms with Crippen LogP contribution in [0, 0.1) is 12.8 Å². The number of aryl methyl sites for hydroxylation is 1. The van der Waals surface area contributed by atoms with E-state index in [4.69, 9.17) is 0 Å². The molecule has 0 radical (unpaired) electrons. The SMILES string of the molecule is CC1=CCC(C2(c3ccc(C)cc3)c3ccccc3-c3ccccc32)C=C1. The van der Waals surface area contributed by atoms with Gasteiger partial charge in [0.2, 0.25) is 0 Å². The van der Waals surface area contributed by atoms with Crippen LogP contribution >= 0.6 is 0 Å². The van der Waals surface area contributed by atoms with Crippen LogP contribution in [0.5, 0.6) is 0 Å². The molecular formula is C27H24. The van der Waals surface area contributed by atoms with Gasteiger partial charge in [-0.1, -0.05) is 102 Å². The summed E-state index contributed by atoms with van der Waals surface area (Å²) in [5.41, 5.74) is 9.59. The van der Waals surface area contributed by atoms with Gasteiger partial charge >= 0.3 is 0 Å². The van der Waals surface area contributed by atoms with Gasteiger partial charge in [0.15, 0.2) is 0 Å². The smallest absolute Gasteiger partial charge is 0.0529 e. The molecule has 3 aromatic rings. The molecule has 0 nitrogen and oxygen atoms in total. The lowest BCUT2D eigenvalue weighted by Crippen LogP contribution is -2.35. The predicted octanol–water partition coefficient (Wildman–Crippen LogP) is 6.83. The number of allylic oxidation sites excluding steroid dienone is 4. The Hall–Kier alpha value is -2.86. The Labute approximate surface area is 161 Å². The quantitative estimate of drug-likeness (QED) is 0.476. The molecule has 0 spiro atoms. The molecule has 3 aromatic carbocycles. The van der Waals surface area contributed by atoms with Gasteiger partial charge in [0.25, 0.3) is 0 Å². The third-order valence-electron chi connectivity index (χ3n) is 6.34. The minimum absolute atomic E-state index is 0.130. The summed E-state index contributed by atoms with van der Waals surface area (Å²) in [6.07, 6.45) is 8.20. The van der Waals surface area contributed by atoms with E-state index in [0.29, 0.717) is 5.92 Å². The van der Waals surface area contributed by atoms with Gasteiger partial charge in [-0.2, -0.15) is 0 Å². The molecule has 0 saturated heterocycles. The van der Waals surface area contributed by atoms with E-state index in [1.54, 1.807) is 0 Å². The molecule has 0 amide bonds. The van der Waals surface area contributed by atoms with E-state index in [1.165, 1.54) is 39.0 Å². The van der Waals surface area contributed by atoms with Gasteiger partial charge in [0.05, 0.1) is 5.41 Å². The van der Waals surface area contributed by atoms with Crippen LogP contribution in [-0.4, -0.2) is 0 Å². The molecular weight excluding hydrogens is 324 g/mol. The van der Waals surface area contributed by atoms with Crippen molar-refractivity contribution >= 4 is 0 Å². The fourth-order valence-corrected chi connectivity index (χ4v) is 5.06. The van der Waals surface area contributed by atoms with Crippen molar-refractivity contribution in [2.45, 2.75) is 25.7 Å². The second-order valence-electron chi connectivity index (χ2n) is 7.91. The third-order valence-corrected chi connectivity index (χ3v) is 6.34. The average Bonchev–Trinajstić information content (AvgIpc) is 3.01. The molecule has 2 aliphatic carbocycles. The Balaban J connectivity index is 1.86. The number of hydrogen-bond acceptors (Lipinski definition) is 0. The fourth-order valence-electron chi connectivity index (χ4n) is 5.06. The predicted molar refractivity (Wildman–Crippen MR) is 114 cm³/mol. The summed E-state index contributed by atoms with van der Waals surface area (Å²) in [4.78, 5) is 0. The molecule has 0 saturated carbocycles. The third kappa shape index (κ3) is 2.29. The van der Waals surface area contributed by atoms with Gasteiger partial charge < -0.3 is 0 Å². The number of hydrogen-bond donors (Lipinski definition) is 0. The summed E-state index contributed by atoms with van der Waals surface area (Å²) in [6, 6.07) is 27.2. The molecule has 132 valence electrons. The molecule has 1 atom stereocenters. The second kappa shape index (κ2) is 6.09. The van der Waals surface area contributed by atoms with Gasteiger partial charge in [0.1, 0.15) is 0 Å². The van der Waals surface area contributed by atoms with Crippen LogP contribution in [0.25, 0.3) is 11.1 Å². The highest BCUT2D eigenvalue weighted by Gasteiger charge is 2.48. The zero-order chi connectivity index (χ0) is 18.4. The highest BCUT2D eigenvalue weighted by atomic mass is 14.5. The lowest BCUT2D eigenvalue weighted by Gasteiger charge is -2.40. The van der Waals surface area contributed by atoms with Crippen LogP contribution in [-0.2, 0) is 5.41 Å². The average molecular weight is 348 g/mol. The van der Waals surface area contributed by atoms with Gasteiger partial charge in [-0.25, -0.2) is 0 Å². The first-order valence-corrected chi connectivity index (χ1v) is 9.83. The van der Waals surface area contributed by atoms with E-state index in [0.717, 1.165) is 6.42 Å². The molecule has 0 fully saturated rings. The fraction of sp³-hybridized carbons (Fsp3) is 0.185. The van der Waals surface area contributed by atoms with Crippen LogP contribution < -0.4 is 0 Å². The molecule has 5 rings (SSSR count).